The minimum absolute atomic E-state index is 0.252. The molecule has 134 valence electrons. The molecule has 7 heteroatoms. The van der Waals surface area contributed by atoms with Gasteiger partial charge in [0.05, 0.1) is 9.93 Å². The number of benzene rings is 2. The second-order valence-corrected chi connectivity index (χ2v) is 7.37. The Morgan fingerprint density at radius 1 is 1.12 bits per heavy atom. The number of halogens is 2. The van der Waals surface area contributed by atoms with Crippen LogP contribution < -0.4 is 4.74 Å². The van der Waals surface area contributed by atoms with E-state index in [1.54, 1.807) is 43.3 Å². The molecule has 0 bridgehead atoms. The highest BCUT2D eigenvalue weighted by Gasteiger charge is 2.33. The third-order valence-corrected chi connectivity index (χ3v) is 5.21. The highest BCUT2D eigenvalue weighted by Crippen LogP contribution is 2.33. The SMILES string of the molecule is CCN1C(=O)S/C(=C\c2ccc(OCc3ccc(Cl)cc3)c(Cl)c2)C1=O. The van der Waals surface area contributed by atoms with Crippen LogP contribution in [0, 0.1) is 0 Å². The molecule has 3 rings (SSSR count). The lowest BCUT2D eigenvalue weighted by Crippen LogP contribution is -2.27. The lowest BCUT2D eigenvalue weighted by molar-refractivity contribution is -0.122. The van der Waals surface area contributed by atoms with Crippen molar-refractivity contribution in [3.63, 3.8) is 0 Å². The summed E-state index contributed by atoms with van der Waals surface area (Å²) in [5, 5.41) is 0.851. The molecular formula is C19H15Cl2NO3S. The first kappa shape index (κ1) is 18.8. The van der Waals surface area contributed by atoms with Crippen molar-refractivity contribution in [2.24, 2.45) is 0 Å². The number of carbonyl (C=O) groups excluding carboxylic acids is 2. The summed E-state index contributed by atoms with van der Waals surface area (Å²) >= 11 is 13.1. The van der Waals surface area contributed by atoms with E-state index in [2.05, 4.69) is 0 Å². The molecule has 2 aromatic rings. The zero-order valence-electron chi connectivity index (χ0n) is 13.9. The van der Waals surface area contributed by atoms with Crippen LogP contribution in [0.5, 0.6) is 5.75 Å². The minimum Gasteiger partial charge on any atom is -0.487 e. The highest BCUT2D eigenvalue weighted by molar-refractivity contribution is 8.18. The van der Waals surface area contributed by atoms with Crippen LogP contribution >= 0.6 is 35.0 Å². The normalized spacial score (nSPS) is 15.8. The maximum atomic E-state index is 12.1. The van der Waals surface area contributed by atoms with E-state index >= 15 is 0 Å². The number of hydrogen-bond donors (Lipinski definition) is 0. The lowest BCUT2D eigenvalue weighted by atomic mass is 10.2. The van der Waals surface area contributed by atoms with E-state index in [0.29, 0.717) is 33.9 Å². The Labute approximate surface area is 165 Å². The fourth-order valence-corrected chi connectivity index (χ4v) is 3.66. The van der Waals surface area contributed by atoms with Crippen LogP contribution in [0.15, 0.2) is 47.4 Å². The van der Waals surface area contributed by atoms with Gasteiger partial charge in [-0.1, -0.05) is 41.4 Å². The first-order chi connectivity index (χ1) is 12.5. The lowest BCUT2D eigenvalue weighted by Gasteiger charge is -2.09. The predicted octanol–water partition coefficient (Wildman–Crippen LogP) is 5.63. The van der Waals surface area contributed by atoms with Gasteiger partial charge in [0.15, 0.2) is 0 Å². The third-order valence-electron chi connectivity index (χ3n) is 3.75. The van der Waals surface area contributed by atoms with Crippen molar-refractivity contribution in [2.45, 2.75) is 13.5 Å². The average Bonchev–Trinajstić information content (AvgIpc) is 2.88. The predicted molar refractivity (Wildman–Crippen MR) is 106 cm³/mol. The zero-order valence-corrected chi connectivity index (χ0v) is 16.2. The van der Waals surface area contributed by atoms with Crippen LogP contribution in [0.25, 0.3) is 6.08 Å². The van der Waals surface area contributed by atoms with Crippen molar-refractivity contribution < 1.29 is 14.3 Å². The topological polar surface area (TPSA) is 46.6 Å². The molecule has 4 nitrogen and oxygen atoms in total. The van der Waals surface area contributed by atoms with Gasteiger partial charge < -0.3 is 4.74 Å². The summed E-state index contributed by atoms with van der Waals surface area (Å²) in [7, 11) is 0. The molecule has 0 aromatic heterocycles. The summed E-state index contributed by atoms with van der Waals surface area (Å²) in [6, 6.07) is 12.6. The molecule has 0 unspecified atom stereocenters. The van der Waals surface area contributed by atoms with Gasteiger partial charge in [-0.25, -0.2) is 0 Å². The number of imide groups is 1. The van der Waals surface area contributed by atoms with Gasteiger partial charge in [-0.2, -0.15) is 0 Å². The Balaban J connectivity index is 1.71. The molecule has 26 heavy (non-hydrogen) atoms. The van der Waals surface area contributed by atoms with Gasteiger partial charge in [-0.15, -0.1) is 0 Å². The smallest absolute Gasteiger partial charge is 0.293 e. The molecule has 2 aromatic carbocycles. The van der Waals surface area contributed by atoms with Gasteiger partial charge in [-0.3, -0.25) is 14.5 Å². The number of likely N-dealkylation sites (N-methyl/N-ethyl adjacent to an activating group) is 1. The summed E-state index contributed by atoms with van der Waals surface area (Å²) < 4.78 is 5.73. The third kappa shape index (κ3) is 4.23. The first-order valence-electron chi connectivity index (χ1n) is 7.90. The molecule has 1 heterocycles. The molecule has 0 aliphatic carbocycles. The Kier molecular flexibility index (Phi) is 5.91. The molecule has 0 spiro atoms. The molecule has 0 atom stereocenters. The number of amides is 2. The quantitative estimate of drug-likeness (QED) is 0.602. The van der Waals surface area contributed by atoms with Crippen molar-refractivity contribution in [3.8, 4) is 5.75 Å². The van der Waals surface area contributed by atoms with Crippen LogP contribution in [0.4, 0.5) is 4.79 Å². The molecule has 2 amide bonds. The van der Waals surface area contributed by atoms with Gasteiger partial charge in [0, 0.05) is 11.6 Å². The molecule has 1 saturated heterocycles. The van der Waals surface area contributed by atoms with Crippen LogP contribution in [0.2, 0.25) is 10.0 Å². The van der Waals surface area contributed by atoms with Crippen molar-refractivity contribution in [1.29, 1.82) is 0 Å². The van der Waals surface area contributed by atoms with Crippen molar-refractivity contribution in [2.75, 3.05) is 6.54 Å². The number of carbonyl (C=O) groups is 2. The summed E-state index contributed by atoms with van der Waals surface area (Å²) in [5.41, 5.74) is 1.71. The van der Waals surface area contributed by atoms with E-state index in [4.69, 9.17) is 27.9 Å². The maximum absolute atomic E-state index is 12.1. The van der Waals surface area contributed by atoms with Gasteiger partial charge in [0.2, 0.25) is 0 Å². The number of ether oxygens (including phenoxy) is 1. The Hall–Kier alpha value is -1.95. The number of hydrogen-bond acceptors (Lipinski definition) is 4. The Morgan fingerprint density at radius 2 is 1.85 bits per heavy atom. The van der Waals surface area contributed by atoms with Crippen molar-refractivity contribution in [3.05, 3.63) is 68.5 Å². The zero-order chi connectivity index (χ0) is 18.7. The molecule has 1 aliphatic heterocycles. The Morgan fingerprint density at radius 3 is 2.46 bits per heavy atom. The van der Waals surface area contributed by atoms with E-state index in [1.165, 1.54) is 4.90 Å². The van der Waals surface area contributed by atoms with Crippen LogP contribution in [0.3, 0.4) is 0 Å². The van der Waals surface area contributed by atoms with Crippen LogP contribution in [-0.4, -0.2) is 22.6 Å². The second-order valence-electron chi connectivity index (χ2n) is 5.53. The van der Waals surface area contributed by atoms with Gasteiger partial charge >= 0.3 is 0 Å². The summed E-state index contributed by atoms with van der Waals surface area (Å²) in [6.07, 6.45) is 1.66. The molecule has 1 fully saturated rings. The van der Waals surface area contributed by atoms with Crippen LogP contribution in [-0.2, 0) is 11.4 Å². The second kappa shape index (κ2) is 8.16. The van der Waals surface area contributed by atoms with Crippen molar-refractivity contribution >= 4 is 52.2 Å². The summed E-state index contributed by atoms with van der Waals surface area (Å²) in [6.45, 7) is 2.49. The fraction of sp³-hybridized carbons (Fsp3) is 0.158. The standard InChI is InChI=1S/C19H15Cl2NO3S/c1-2-22-18(23)17(26-19(22)24)10-13-5-8-16(15(21)9-13)25-11-12-3-6-14(20)7-4-12/h3-10H,2,11H2,1H3/b17-10-. The number of thioether (sulfide) groups is 1. The minimum atomic E-state index is -0.276. The Bertz CT molecular complexity index is 881. The molecular weight excluding hydrogens is 393 g/mol. The monoisotopic (exact) mass is 407 g/mol. The molecule has 0 radical (unpaired) electrons. The van der Waals surface area contributed by atoms with Crippen LogP contribution in [0.1, 0.15) is 18.1 Å². The summed E-state index contributed by atoms with van der Waals surface area (Å²) in [5.74, 6) is 0.266. The van der Waals surface area contributed by atoms with Crippen molar-refractivity contribution in [1.82, 2.24) is 4.90 Å². The first-order valence-corrected chi connectivity index (χ1v) is 9.47. The summed E-state index contributed by atoms with van der Waals surface area (Å²) in [4.78, 5) is 25.5. The maximum Gasteiger partial charge on any atom is 0.293 e. The van der Waals surface area contributed by atoms with E-state index in [-0.39, 0.29) is 11.1 Å². The van der Waals surface area contributed by atoms with E-state index in [0.717, 1.165) is 22.9 Å². The van der Waals surface area contributed by atoms with Gasteiger partial charge in [0.1, 0.15) is 12.4 Å². The van der Waals surface area contributed by atoms with E-state index in [9.17, 15) is 9.59 Å². The largest absolute Gasteiger partial charge is 0.487 e. The van der Waals surface area contributed by atoms with Gasteiger partial charge in [-0.05, 0) is 60.2 Å². The molecule has 0 N–H and O–H groups in total. The number of nitrogens with zero attached hydrogens (tertiary/aromatic N) is 1. The van der Waals surface area contributed by atoms with Gasteiger partial charge in [0.25, 0.3) is 11.1 Å². The average molecular weight is 408 g/mol. The van der Waals surface area contributed by atoms with E-state index in [1.807, 2.05) is 12.1 Å². The van der Waals surface area contributed by atoms with E-state index < -0.39 is 0 Å². The molecule has 1 aliphatic rings. The fourth-order valence-electron chi connectivity index (χ4n) is 2.39. The number of rotatable bonds is 5. The molecule has 0 saturated carbocycles. The highest BCUT2D eigenvalue weighted by atomic mass is 35.5.